The summed E-state index contributed by atoms with van der Waals surface area (Å²) in [6, 6.07) is 8.12. The molecule has 0 saturated carbocycles. The van der Waals surface area contributed by atoms with Crippen molar-refractivity contribution in [2.24, 2.45) is 0 Å². The van der Waals surface area contributed by atoms with Crippen LogP contribution in [0, 0.1) is 0 Å². The van der Waals surface area contributed by atoms with Crippen molar-refractivity contribution in [3.05, 3.63) is 35.7 Å². The third kappa shape index (κ3) is 2.67. The first-order valence-electron chi connectivity index (χ1n) is 6.68. The molecule has 2 rings (SSSR count). The molecule has 1 N–H and O–H groups in total. The second-order valence-electron chi connectivity index (χ2n) is 6.12. The molecule has 0 aliphatic carbocycles. The molecule has 0 saturated heterocycles. The zero-order chi connectivity index (χ0) is 14.9. The average molecular weight is 274 g/mol. The van der Waals surface area contributed by atoms with Gasteiger partial charge >= 0.3 is 0 Å². The third-order valence-electron chi connectivity index (χ3n) is 3.21. The smallest absolute Gasteiger partial charge is 0.112 e. The number of rotatable bonds is 3. The van der Waals surface area contributed by atoms with Crippen LogP contribution in [0.25, 0.3) is 5.69 Å². The Balaban J connectivity index is 2.50. The molecular weight excluding hydrogens is 252 g/mol. The van der Waals surface area contributed by atoms with Crippen molar-refractivity contribution < 1.29 is 5.11 Å². The summed E-state index contributed by atoms with van der Waals surface area (Å²) >= 11 is 0. The van der Waals surface area contributed by atoms with Crippen LogP contribution >= 0.6 is 0 Å². The van der Waals surface area contributed by atoms with Crippen LogP contribution in [-0.4, -0.2) is 34.2 Å². The van der Waals surface area contributed by atoms with Gasteiger partial charge in [0.2, 0.25) is 0 Å². The Morgan fingerprint density at radius 2 is 1.75 bits per heavy atom. The van der Waals surface area contributed by atoms with Crippen molar-refractivity contribution in [1.29, 1.82) is 0 Å². The SMILES string of the molecule is CN(C)c1ccc(-n2nnc(CO)c2C(C)(C)C)cc1. The second-order valence-corrected chi connectivity index (χ2v) is 6.12. The molecule has 0 aliphatic rings. The number of aliphatic hydroxyl groups is 1. The zero-order valence-corrected chi connectivity index (χ0v) is 12.8. The summed E-state index contributed by atoms with van der Waals surface area (Å²) in [6.45, 7) is 6.18. The highest BCUT2D eigenvalue weighted by Gasteiger charge is 2.25. The highest BCUT2D eigenvalue weighted by molar-refractivity contribution is 5.50. The van der Waals surface area contributed by atoms with Crippen LogP contribution in [0.2, 0.25) is 0 Å². The molecule has 5 nitrogen and oxygen atoms in total. The van der Waals surface area contributed by atoms with E-state index in [0.29, 0.717) is 5.69 Å². The molecule has 5 heteroatoms. The van der Waals surface area contributed by atoms with E-state index in [4.69, 9.17) is 0 Å². The molecule has 0 spiro atoms. The molecule has 0 radical (unpaired) electrons. The van der Waals surface area contributed by atoms with E-state index >= 15 is 0 Å². The summed E-state index contributed by atoms with van der Waals surface area (Å²) < 4.78 is 1.81. The minimum Gasteiger partial charge on any atom is -0.390 e. The van der Waals surface area contributed by atoms with Gasteiger partial charge in [0, 0.05) is 25.2 Å². The maximum Gasteiger partial charge on any atom is 0.112 e. The highest BCUT2D eigenvalue weighted by atomic mass is 16.3. The number of aromatic nitrogens is 3. The van der Waals surface area contributed by atoms with Crippen molar-refractivity contribution in [3.63, 3.8) is 0 Å². The van der Waals surface area contributed by atoms with Gasteiger partial charge in [-0.2, -0.15) is 0 Å². The lowest BCUT2D eigenvalue weighted by Crippen LogP contribution is -2.19. The fraction of sp³-hybridized carbons (Fsp3) is 0.467. The zero-order valence-electron chi connectivity index (χ0n) is 12.8. The molecule has 0 amide bonds. The Kier molecular flexibility index (Phi) is 3.81. The monoisotopic (exact) mass is 274 g/mol. The van der Waals surface area contributed by atoms with Crippen molar-refractivity contribution in [2.75, 3.05) is 19.0 Å². The average Bonchev–Trinajstić information content (AvgIpc) is 2.82. The van der Waals surface area contributed by atoms with Gasteiger partial charge in [0.25, 0.3) is 0 Å². The summed E-state index contributed by atoms with van der Waals surface area (Å²) in [5.41, 5.74) is 3.52. The summed E-state index contributed by atoms with van der Waals surface area (Å²) in [5.74, 6) is 0. The first kappa shape index (κ1) is 14.5. The van der Waals surface area contributed by atoms with Gasteiger partial charge in [0.05, 0.1) is 18.0 Å². The number of anilines is 1. The van der Waals surface area contributed by atoms with Crippen molar-refractivity contribution in [1.82, 2.24) is 15.0 Å². The quantitative estimate of drug-likeness (QED) is 0.931. The molecule has 1 aromatic carbocycles. The van der Waals surface area contributed by atoms with Crippen molar-refractivity contribution in [3.8, 4) is 5.69 Å². The Morgan fingerprint density at radius 3 is 2.20 bits per heavy atom. The number of aliphatic hydroxyl groups excluding tert-OH is 1. The lowest BCUT2D eigenvalue weighted by molar-refractivity contribution is 0.273. The van der Waals surface area contributed by atoms with E-state index in [0.717, 1.165) is 17.1 Å². The Bertz CT molecular complexity index is 579. The van der Waals surface area contributed by atoms with Crippen LogP contribution in [0.1, 0.15) is 32.2 Å². The second kappa shape index (κ2) is 5.25. The van der Waals surface area contributed by atoms with E-state index in [1.54, 1.807) is 0 Å². The van der Waals surface area contributed by atoms with E-state index in [9.17, 15) is 5.11 Å². The van der Waals surface area contributed by atoms with Gasteiger partial charge in [-0.3, -0.25) is 0 Å². The number of hydrogen-bond acceptors (Lipinski definition) is 4. The third-order valence-corrected chi connectivity index (χ3v) is 3.21. The van der Waals surface area contributed by atoms with Crippen LogP contribution < -0.4 is 4.90 Å². The molecule has 0 fully saturated rings. The predicted molar refractivity (Wildman–Crippen MR) is 80.3 cm³/mol. The number of hydrogen-bond donors (Lipinski definition) is 1. The van der Waals surface area contributed by atoms with E-state index in [-0.39, 0.29) is 12.0 Å². The molecule has 0 bridgehead atoms. The van der Waals surface area contributed by atoms with Crippen LogP contribution in [0.15, 0.2) is 24.3 Å². The van der Waals surface area contributed by atoms with Gasteiger partial charge in [-0.1, -0.05) is 26.0 Å². The Labute approximate surface area is 119 Å². The topological polar surface area (TPSA) is 54.2 Å². The summed E-state index contributed by atoms with van der Waals surface area (Å²) in [5, 5.41) is 17.7. The molecule has 2 aromatic rings. The predicted octanol–water partition coefficient (Wildman–Crippen LogP) is 2.12. The minimum absolute atomic E-state index is 0.0949. The van der Waals surface area contributed by atoms with Crippen LogP contribution in [0.5, 0.6) is 0 Å². The highest BCUT2D eigenvalue weighted by Crippen LogP contribution is 2.27. The maximum atomic E-state index is 9.44. The molecule has 20 heavy (non-hydrogen) atoms. The van der Waals surface area contributed by atoms with Crippen LogP contribution in [0.4, 0.5) is 5.69 Å². The molecular formula is C15H22N4O. The first-order chi connectivity index (χ1) is 9.34. The molecule has 0 atom stereocenters. The lowest BCUT2D eigenvalue weighted by Gasteiger charge is -2.21. The Morgan fingerprint density at radius 1 is 1.15 bits per heavy atom. The largest absolute Gasteiger partial charge is 0.390 e. The van der Waals surface area contributed by atoms with Crippen LogP contribution in [-0.2, 0) is 12.0 Å². The molecule has 0 unspecified atom stereocenters. The van der Waals surface area contributed by atoms with Crippen LogP contribution in [0.3, 0.4) is 0 Å². The van der Waals surface area contributed by atoms with Gasteiger partial charge < -0.3 is 10.0 Å². The standard InChI is InChI=1S/C15H22N4O/c1-15(2,3)14-13(10-20)16-17-19(14)12-8-6-11(7-9-12)18(4)5/h6-9,20H,10H2,1-5H3. The molecule has 0 aliphatic heterocycles. The maximum absolute atomic E-state index is 9.44. The van der Waals surface area contributed by atoms with Crippen molar-refractivity contribution in [2.45, 2.75) is 32.8 Å². The van der Waals surface area contributed by atoms with Gasteiger partial charge in [-0.15, -0.1) is 5.10 Å². The van der Waals surface area contributed by atoms with E-state index in [1.165, 1.54) is 0 Å². The van der Waals surface area contributed by atoms with E-state index in [2.05, 4.69) is 36.0 Å². The fourth-order valence-corrected chi connectivity index (χ4v) is 2.24. The number of benzene rings is 1. The fourth-order valence-electron chi connectivity index (χ4n) is 2.24. The Hall–Kier alpha value is -1.88. The van der Waals surface area contributed by atoms with Crippen molar-refractivity contribution >= 4 is 5.69 Å². The van der Waals surface area contributed by atoms with E-state index in [1.807, 2.05) is 43.0 Å². The normalized spacial score (nSPS) is 11.7. The summed E-state index contributed by atoms with van der Waals surface area (Å²) in [4.78, 5) is 2.05. The summed E-state index contributed by atoms with van der Waals surface area (Å²) in [7, 11) is 4.02. The van der Waals surface area contributed by atoms with Gasteiger partial charge in [-0.25, -0.2) is 4.68 Å². The molecule has 1 aromatic heterocycles. The summed E-state index contributed by atoms with van der Waals surface area (Å²) in [6.07, 6.45) is 0. The van der Waals surface area contributed by atoms with Gasteiger partial charge in [0.15, 0.2) is 0 Å². The molecule has 1 heterocycles. The number of nitrogens with zero attached hydrogens (tertiary/aromatic N) is 4. The van der Waals surface area contributed by atoms with E-state index < -0.39 is 0 Å². The van der Waals surface area contributed by atoms with Gasteiger partial charge in [0.1, 0.15) is 5.69 Å². The first-order valence-corrected chi connectivity index (χ1v) is 6.68. The van der Waals surface area contributed by atoms with Gasteiger partial charge in [-0.05, 0) is 24.3 Å². The molecule has 108 valence electrons. The lowest BCUT2D eigenvalue weighted by atomic mass is 9.90. The minimum atomic E-state index is -0.137.